The molecule has 3 rings (SSSR count). The van der Waals surface area contributed by atoms with Crippen molar-refractivity contribution in [1.29, 1.82) is 0 Å². The Hall–Kier alpha value is -1.07. The van der Waals surface area contributed by atoms with Crippen LogP contribution in [0.25, 0.3) is 0 Å². The van der Waals surface area contributed by atoms with Gasteiger partial charge in [0.2, 0.25) is 5.91 Å². The van der Waals surface area contributed by atoms with E-state index in [4.69, 9.17) is 5.73 Å². The Morgan fingerprint density at radius 1 is 1.38 bits per heavy atom. The minimum absolute atomic E-state index is 0.386. The third-order valence-corrected chi connectivity index (χ3v) is 5.05. The largest absolute Gasteiger partial charge is 0.368 e. The highest BCUT2D eigenvalue weighted by molar-refractivity contribution is 9.10. The minimum Gasteiger partial charge on any atom is -0.368 e. The number of amides is 1. The lowest BCUT2D eigenvalue weighted by Gasteiger charge is -2.32. The third-order valence-electron chi connectivity index (χ3n) is 4.39. The molecule has 5 heteroatoms. The van der Waals surface area contributed by atoms with E-state index in [1.807, 2.05) is 18.2 Å². The quantitative estimate of drug-likeness (QED) is 0.856. The fourth-order valence-corrected chi connectivity index (χ4v) is 3.65. The first-order chi connectivity index (χ1) is 10.1. The predicted molar refractivity (Wildman–Crippen MR) is 88.6 cm³/mol. The van der Waals surface area contributed by atoms with E-state index in [1.165, 1.54) is 31.4 Å². The molecule has 1 amide bonds. The number of anilines is 1. The maximum atomic E-state index is 11.3. The summed E-state index contributed by atoms with van der Waals surface area (Å²) in [5.74, 6) is 0.330. The second-order valence-corrected chi connectivity index (χ2v) is 6.98. The van der Waals surface area contributed by atoms with Crippen LogP contribution >= 0.6 is 15.9 Å². The smallest absolute Gasteiger partial charge is 0.249 e. The highest BCUT2D eigenvalue weighted by Gasteiger charge is 2.31. The van der Waals surface area contributed by atoms with Gasteiger partial charge >= 0.3 is 0 Å². The molecule has 4 nitrogen and oxygen atoms in total. The third kappa shape index (κ3) is 3.58. The van der Waals surface area contributed by atoms with Gasteiger partial charge in [-0.1, -0.05) is 0 Å². The van der Waals surface area contributed by atoms with E-state index in [0.29, 0.717) is 17.5 Å². The molecule has 0 spiro atoms. The number of nitrogens with zero attached hydrogens (tertiary/aromatic N) is 1. The fourth-order valence-electron chi connectivity index (χ4n) is 3.09. The highest BCUT2D eigenvalue weighted by atomic mass is 79.9. The minimum atomic E-state index is -0.386. The zero-order chi connectivity index (χ0) is 14.8. The molecule has 2 fully saturated rings. The summed E-state index contributed by atoms with van der Waals surface area (Å²) < 4.78 is 0.792. The molecule has 0 bridgehead atoms. The molecular formula is C16H22BrN3O. The lowest BCUT2D eigenvalue weighted by Crippen LogP contribution is -2.39. The number of carbonyl (C=O) groups is 1. The van der Waals surface area contributed by atoms with Gasteiger partial charge in [0.1, 0.15) is 0 Å². The van der Waals surface area contributed by atoms with Crippen molar-refractivity contribution in [3.63, 3.8) is 0 Å². The Morgan fingerprint density at radius 3 is 2.76 bits per heavy atom. The van der Waals surface area contributed by atoms with Gasteiger partial charge in [0.15, 0.2) is 0 Å². The summed E-state index contributed by atoms with van der Waals surface area (Å²) in [4.78, 5) is 13.8. The zero-order valence-electron chi connectivity index (χ0n) is 12.1. The zero-order valence-corrected chi connectivity index (χ0v) is 13.7. The average Bonchev–Trinajstić information content (AvgIpc) is 3.30. The second-order valence-electron chi connectivity index (χ2n) is 6.12. The van der Waals surface area contributed by atoms with Gasteiger partial charge < -0.3 is 16.0 Å². The van der Waals surface area contributed by atoms with Crippen molar-refractivity contribution < 1.29 is 4.79 Å². The van der Waals surface area contributed by atoms with Gasteiger partial charge in [0.05, 0.1) is 5.56 Å². The van der Waals surface area contributed by atoms with Crippen LogP contribution in [0.4, 0.5) is 5.69 Å². The SMILES string of the molecule is NC(=O)c1ccc(N(CC2CCCNC2)C2CC2)cc1Br. The number of benzene rings is 1. The monoisotopic (exact) mass is 351 g/mol. The van der Waals surface area contributed by atoms with Crippen molar-refractivity contribution in [3.05, 3.63) is 28.2 Å². The van der Waals surface area contributed by atoms with E-state index in [0.717, 1.165) is 24.1 Å². The predicted octanol–water partition coefficient (Wildman–Crippen LogP) is 2.52. The Labute approximate surface area is 134 Å². The summed E-state index contributed by atoms with van der Waals surface area (Å²) in [5.41, 5.74) is 7.12. The van der Waals surface area contributed by atoms with Crippen molar-refractivity contribution in [1.82, 2.24) is 5.32 Å². The van der Waals surface area contributed by atoms with Gasteiger partial charge in [-0.3, -0.25) is 4.79 Å². The van der Waals surface area contributed by atoms with Crippen LogP contribution in [0, 0.1) is 5.92 Å². The molecule has 1 saturated carbocycles. The van der Waals surface area contributed by atoms with E-state index in [1.54, 1.807) is 0 Å². The first-order valence-electron chi connectivity index (χ1n) is 7.72. The Morgan fingerprint density at radius 2 is 2.19 bits per heavy atom. The maximum Gasteiger partial charge on any atom is 0.249 e. The number of primary amides is 1. The summed E-state index contributed by atoms with van der Waals surface area (Å²) in [6.45, 7) is 3.36. The van der Waals surface area contributed by atoms with E-state index < -0.39 is 0 Å². The van der Waals surface area contributed by atoms with Crippen LogP contribution in [0.2, 0.25) is 0 Å². The summed E-state index contributed by atoms with van der Waals surface area (Å²) in [5, 5.41) is 3.49. The second kappa shape index (κ2) is 6.36. The summed E-state index contributed by atoms with van der Waals surface area (Å²) in [7, 11) is 0. The highest BCUT2D eigenvalue weighted by Crippen LogP contribution is 2.35. The number of halogens is 1. The summed E-state index contributed by atoms with van der Waals surface area (Å²) >= 11 is 3.47. The lowest BCUT2D eigenvalue weighted by molar-refractivity contribution is 0.0999. The van der Waals surface area contributed by atoms with Gasteiger partial charge in [-0.25, -0.2) is 0 Å². The van der Waals surface area contributed by atoms with Crippen LogP contribution < -0.4 is 16.0 Å². The van der Waals surface area contributed by atoms with Crippen LogP contribution in [-0.4, -0.2) is 31.6 Å². The van der Waals surface area contributed by atoms with Crippen LogP contribution in [-0.2, 0) is 0 Å². The molecule has 1 heterocycles. The number of hydrogen-bond acceptors (Lipinski definition) is 3. The van der Waals surface area contributed by atoms with Crippen molar-refractivity contribution in [2.75, 3.05) is 24.5 Å². The van der Waals surface area contributed by atoms with Gasteiger partial charge in [-0.2, -0.15) is 0 Å². The number of nitrogens with two attached hydrogens (primary N) is 1. The maximum absolute atomic E-state index is 11.3. The van der Waals surface area contributed by atoms with Crippen molar-refractivity contribution in [3.8, 4) is 0 Å². The number of piperidine rings is 1. The molecule has 3 N–H and O–H groups in total. The molecule has 114 valence electrons. The van der Waals surface area contributed by atoms with Crippen LogP contribution in [0.1, 0.15) is 36.0 Å². The number of hydrogen-bond donors (Lipinski definition) is 2. The first kappa shape index (κ1) is 14.9. The molecule has 1 unspecified atom stereocenters. The average molecular weight is 352 g/mol. The standard InChI is InChI=1S/C16H22BrN3O/c17-15-8-13(5-6-14(15)16(18)21)20(12-3-4-12)10-11-2-1-7-19-9-11/h5-6,8,11-12,19H,1-4,7,9-10H2,(H2,18,21). The van der Waals surface area contributed by atoms with E-state index in [2.05, 4.69) is 26.1 Å². The van der Waals surface area contributed by atoms with E-state index in [9.17, 15) is 4.79 Å². The molecular weight excluding hydrogens is 330 g/mol. The molecule has 1 aliphatic heterocycles. The molecule has 1 aromatic rings. The van der Waals surface area contributed by atoms with E-state index in [-0.39, 0.29) is 5.91 Å². The Bertz CT molecular complexity index is 524. The summed E-state index contributed by atoms with van der Waals surface area (Å²) in [6.07, 6.45) is 5.12. The van der Waals surface area contributed by atoms with Crippen LogP contribution in [0.3, 0.4) is 0 Å². The molecule has 2 aliphatic rings. The normalized spacial score (nSPS) is 22.0. The number of nitrogens with one attached hydrogen (secondary N) is 1. The Kier molecular flexibility index (Phi) is 4.50. The molecule has 21 heavy (non-hydrogen) atoms. The van der Waals surface area contributed by atoms with Gasteiger partial charge in [0.25, 0.3) is 0 Å². The topological polar surface area (TPSA) is 58.4 Å². The van der Waals surface area contributed by atoms with E-state index >= 15 is 0 Å². The number of rotatable bonds is 5. The lowest BCUT2D eigenvalue weighted by atomic mass is 9.98. The Balaban J connectivity index is 1.77. The molecule has 1 atom stereocenters. The van der Waals surface area contributed by atoms with Gasteiger partial charge in [0, 0.05) is 22.7 Å². The first-order valence-corrected chi connectivity index (χ1v) is 8.51. The summed E-state index contributed by atoms with van der Waals surface area (Å²) in [6, 6.07) is 6.56. The van der Waals surface area contributed by atoms with Crippen LogP contribution in [0.15, 0.2) is 22.7 Å². The van der Waals surface area contributed by atoms with Crippen molar-refractivity contribution in [2.24, 2.45) is 11.7 Å². The van der Waals surface area contributed by atoms with Crippen LogP contribution in [0.5, 0.6) is 0 Å². The van der Waals surface area contributed by atoms with Gasteiger partial charge in [-0.05, 0) is 78.8 Å². The van der Waals surface area contributed by atoms with Crippen molar-refractivity contribution in [2.45, 2.75) is 31.7 Å². The molecule has 0 radical (unpaired) electrons. The molecule has 0 aromatic heterocycles. The molecule has 1 aliphatic carbocycles. The number of carbonyl (C=O) groups excluding carboxylic acids is 1. The van der Waals surface area contributed by atoms with Crippen molar-refractivity contribution >= 4 is 27.5 Å². The molecule has 1 saturated heterocycles. The fraction of sp³-hybridized carbons (Fsp3) is 0.562. The van der Waals surface area contributed by atoms with Gasteiger partial charge in [-0.15, -0.1) is 0 Å². The molecule has 1 aromatic carbocycles.